The minimum atomic E-state index is -0.469. The maximum atomic E-state index is 12.6. The Morgan fingerprint density at radius 1 is 1.03 bits per heavy atom. The summed E-state index contributed by atoms with van der Waals surface area (Å²) in [5, 5.41) is 6.52. The molecule has 2 N–H and O–H groups in total. The average molecular weight is 480 g/mol. The molecular formula is C25H22ClN3O5. The number of carbonyl (C=O) groups is 2. The Morgan fingerprint density at radius 2 is 1.76 bits per heavy atom. The fourth-order valence-corrected chi connectivity index (χ4v) is 3.64. The molecule has 0 spiro atoms. The van der Waals surface area contributed by atoms with Gasteiger partial charge in [-0.05, 0) is 43.3 Å². The monoisotopic (exact) mass is 479 g/mol. The summed E-state index contributed by atoms with van der Waals surface area (Å²) in [6, 6.07) is 15.3. The molecule has 3 aromatic carbocycles. The third-order valence-corrected chi connectivity index (χ3v) is 5.31. The number of hydrogen-bond acceptors (Lipinski definition) is 7. The Balaban J connectivity index is 1.81. The lowest BCUT2D eigenvalue weighted by atomic mass is 10.1. The SMILES string of the molecule is CCOC(=O)c1ccc(N=C2C(=O)Nc3ccc(Cl)cc32)c(Nc2cc(OC)cc(OC)c2)c1. The molecule has 1 aliphatic rings. The van der Waals surface area contributed by atoms with E-state index >= 15 is 0 Å². The summed E-state index contributed by atoms with van der Waals surface area (Å²) < 4.78 is 15.8. The van der Waals surface area contributed by atoms with Crippen LogP contribution in [-0.2, 0) is 9.53 Å². The van der Waals surface area contributed by atoms with E-state index in [-0.39, 0.29) is 18.2 Å². The molecule has 34 heavy (non-hydrogen) atoms. The normalized spacial score (nSPS) is 13.3. The Hall–Kier alpha value is -4.04. The number of esters is 1. The van der Waals surface area contributed by atoms with E-state index < -0.39 is 5.97 Å². The summed E-state index contributed by atoms with van der Waals surface area (Å²) in [5.74, 6) is 0.342. The smallest absolute Gasteiger partial charge is 0.338 e. The summed E-state index contributed by atoms with van der Waals surface area (Å²) in [7, 11) is 3.11. The van der Waals surface area contributed by atoms with Crippen LogP contribution in [0.2, 0.25) is 5.02 Å². The fourth-order valence-electron chi connectivity index (χ4n) is 3.47. The number of anilines is 3. The zero-order chi connectivity index (χ0) is 24.2. The van der Waals surface area contributed by atoms with Crippen LogP contribution in [-0.4, -0.2) is 38.4 Å². The van der Waals surface area contributed by atoms with Crippen molar-refractivity contribution in [2.45, 2.75) is 6.92 Å². The second-order valence-electron chi connectivity index (χ2n) is 7.28. The Labute approximate surface area is 201 Å². The number of carbonyl (C=O) groups excluding carboxylic acids is 2. The predicted molar refractivity (Wildman–Crippen MR) is 132 cm³/mol. The number of benzene rings is 3. The van der Waals surface area contributed by atoms with Gasteiger partial charge in [0.15, 0.2) is 0 Å². The highest BCUT2D eigenvalue weighted by Gasteiger charge is 2.26. The molecule has 9 heteroatoms. The molecule has 174 valence electrons. The minimum Gasteiger partial charge on any atom is -0.497 e. The largest absolute Gasteiger partial charge is 0.497 e. The molecule has 0 radical (unpaired) electrons. The van der Waals surface area contributed by atoms with E-state index in [9.17, 15) is 9.59 Å². The minimum absolute atomic E-state index is 0.215. The molecule has 8 nitrogen and oxygen atoms in total. The molecular weight excluding hydrogens is 458 g/mol. The number of amides is 1. The van der Waals surface area contributed by atoms with Gasteiger partial charge >= 0.3 is 5.97 Å². The molecule has 0 atom stereocenters. The van der Waals surface area contributed by atoms with Gasteiger partial charge < -0.3 is 24.8 Å². The van der Waals surface area contributed by atoms with Crippen molar-refractivity contribution in [1.82, 2.24) is 0 Å². The summed E-state index contributed by atoms with van der Waals surface area (Å²) in [6.45, 7) is 1.98. The molecule has 0 aromatic heterocycles. The van der Waals surface area contributed by atoms with Crippen molar-refractivity contribution in [3.63, 3.8) is 0 Å². The molecule has 3 aromatic rings. The summed E-state index contributed by atoms with van der Waals surface area (Å²) in [5.41, 5.74) is 3.34. The first-order valence-electron chi connectivity index (χ1n) is 10.4. The molecule has 1 heterocycles. The number of nitrogens with one attached hydrogen (secondary N) is 2. The number of methoxy groups -OCH3 is 2. The number of ether oxygens (including phenoxy) is 3. The van der Waals surface area contributed by atoms with Gasteiger partial charge in [-0.15, -0.1) is 0 Å². The van der Waals surface area contributed by atoms with E-state index in [1.54, 1.807) is 75.7 Å². The van der Waals surface area contributed by atoms with E-state index in [4.69, 9.17) is 25.8 Å². The average Bonchev–Trinajstić information content (AvgIpc) is 3.14. The molecule has 4 rings (SSSR count). The highest BCUT2D eigenvalue weighted by atomic mass is 35.5. The fraction of sp³-hybridized carbons (Fsp3) is 0.160. The predicted octanol–water partition coefficient (Wildman–Crippen LogP) is 5.35. The van der Waals surface area contributed by atoms with Crippen molar-refractivity contribution in [1.29, 1.82) is 0 Å². The van der Waals surface area contributed by atoms with Crippen LogP contribution in [0.5, 0.6) is 11.5 Å². The molecule has 0 fully saturated rings. The van der Waals surface area contributed by atoms with Gasteiger partial charge in [-0.25, -0.2) is 9.79 Å². The summed E-state index contributed by atoms with van der Waals surface area (Å²) in [4.78, 5) is 29.6. The van der Waals surface area contributed by atoms with Gasteiger partial charge in [-0.3, -0.25) is 4.79 Å². The first kappa shape index (κ1) is 23.1. The second kappa shape index (κ2) is 9.84. The molecule has 1 aliphatic heterocycles. The number of nitrogens with zero attached hydrogens (tertiary/aromatic N) is 1. The van der Waals surface area contributed by atoms with Crippen LogP contribution in [0.3, 0.4) is 0 Å². The van der Waals surface area contributed by atoms with Gasteiger partial charge in [0.05, 0.1) is 43.5 Å². The zero-order valence-corrected chi connectivity index (χ0v) is 19.5. The van der Waals surface area contributed by atoms with Gasteiger partial charge in [-0.2, -0.15) is 0 Å². The molecule has 0 bridgehead atoms. The third kappa shape index (κ3) is 4.82. The molecule has 1 amide bonds. The van der Waals surface area contributed by atoms with Crippen LogP contribution in [0.1, 0.15) is 22.8 Å². The van der Waals surface area contributed by atoms with Crippen molar-refractivity contribution in [3.05, 3.63) is 70.7 Å². The zero-order valence-electron chi connectivity index (χ0n) is 18.8. The van der Waals surface area contributed by atoms with E-state index in [0.29, 0.717) is 50.4 Å². The molecule has 0 unspecified atom stereocenters. The number of fused-ring (bicyclic) bond motifs is 1. The van der Waals surface area contributed by atoms with Gasteiger partial charge in [-0.1, -0.05) is 11.6 Å². The summed E-state index contributed by atoms with van der Waals surface area (Å²) >= 11 is 6.14. The lowest BCUT2D eigenvalue weighted by Gasteiger charge is -2.14. The van der Waals surface area contributed by atoms with Crippen molar-refractivity contribution in [3.8, 4) is 11.5 Å². The quantitative estimate of drug-likeness (QED) is 0.443. The number of rotatable bonds is 7. The Morgan fingerprint density at radius 3 is 2.44 bits per heavy atom. The van der Waals surface area contributed by atoms with Crippen molar-refractivity contribution in [2.24, 2.45) is 4.99 Å². The van der Waals surface area contributed by atoms with Crippen LogP contribution in [0, 0.1) is 0 Å². The first-order chi connectivity index (χ1) is 16.4. The van der Waals surface area contributed by atoms with Crippen molar-refractivity contribution in [2.75, 3.05) is 31.5 Å². The first-order valence-corrected chi connectivity index (χ1v) is 10.8. The highest BCUT2D eigenvalue weighted by molar-refractivity contribution is 6.54. The maximum absolute atomic E-state index is 12.6. The van der Waals surface area contributed by atoms with E-state index in [1.165, 1.54) is 0 Å². The third-order valence-electron chi connectivity index (χ3n) is 5.07. The standard InChI is InChI=1S/C25H22ClN3O5/c1-4-34-25(31)14-5-7-21(28-23-19-10-15(26)6-8-20(19)29-24(23)30)22(9-14)27-16-11-17(32-2)13-18(12-16)33-3/h5-13,27H,4H2,1-3H3,(H,28,29,30). The Kier molecular flexibility index (Phi) is 6.70. The van der Waals surface area contributed by atoms with Crippen LogP contribution in [0.4, 0.5) is 22.7 Å². The number of aliphatic imine (C=N–C) groups is 1. The Bertz CT molecular complexity index is 1280. The molecule has 0 saturated carbocycles. The lowest BCUT2D eigenvalue weighted by Crippen LogP contribution is -2.14. The topological polar surface area (TPSA) is 98.2 Å². The second-order valence-corrected chi connectivity index (χ2v) is 7.72. The van der Waals surface area contributed by atoms with E-state index in [1.807, 2.05) is 0 Å². The van der Waals surface area contributed by atoms with Gasteiger partial charge in [0.25, 0.3) is 5.91 Å². The number of hydrogen-bond donors (Lipinski definition) is 2. The van der Waals surface area contributed by atoms with E-state index in [2.05, 4.69) is 15.6 Å². The molecule has 0 saturated heterocycles. The molecule has 0 aliphatic carbocycles. The van der Waals surface area contributed by atoms with Crippen molar-refractivity contribution < 1.29 is 23.8 Å². The van der Waals surface area contributed by atoms with Gasteiger partial charge in [0.2, 0.25) is 0 Å². The van der Waals surface area contributed by atoms with Gasteiger partial charge in [0.1, 0.15) is 17.2 Å². The van der Waals surface area contributed by atoms with Crippen LogP contribution in [0.25, 0.3) is 0 Å². The van der Waals surface area contributed by atoms with E-state index in [0.717, 1.165) is 0 Å². The van der Waals surface area contributed by atoms with Crippen LogP contribution in [0.15, 0.2) is 59.6 Å². The lowest BCUT2D eigenvalue weighted by molar-refractivity contribution is -0.110. The highest BCUT2D eigenvalue weighted by Crippen LogP contribution is 2.35. The maximum Gasteiger partial charge on any atom is 0.338 e. The van der Waals surface area contributed by atoms with Crippen LogP contribution >= 0.6 is 11.6 Å². The van der Waals surface area contributed by atoms with Gasteiger partial charge in [0, 0.05) is 34.5 Å². The number of halogens is 1. The van der Waals surface area contributed by atoms with Crippen LogP contribution < -0.4 is 20.1 Å². The van der Waals surface area contributed by atoms with Crippen molar-refractivity contribution >= 4 is 51.9 Å². The summed E-state index contributed by atoms with van der Waals surface area (Å²) in [6.07, 6.45) is 0.